The minimum absolute atomic E-state index is 0.0377. The van der Waals surface area contributed by atoms with Crippen LogP contribution in [0.3, 0.4) is 0 Å². The molecule has 1 aliphatic carbocycles. The van der Waals surface area contributed by atoms with Crippen LogP contribution in [0.15, 0.2) is 48.5 Å². The van der Waals surface area contributed by atoms with Gasteiger partial charge in [-0.3, -0.25) is 0 Å². The van der Waals surface area contributed by atoms with Crippen molar-refractivity contribution in [2.24, 2.45) is 5.73 Å². The largest absolute Gasteiger partial charge is 0.490 e. The van der Waals surface area contributed by atoms with Crippen LogP contribution >= 0.6 is 0 Å². The van der Waals surface area contributed by atoms with Crippen LogP contribution in [-0.4, -0.2) is 30.5 Å². The van der Waals surface area contributed by atoms with Crippen molar-refractivity contribution in [1.82, 2.24) is 0 Å². The van der Waals surface area contributed by atoms with Crippen molar-refractivity contribution in [2.45, 2.75) is 30.7 Å². The lowest BCUT2D eigenvalue weighted by Crippen LogP contribution is -2.40. The first-order valence-electron chi connectivity index (χ1n) is 8.59. The van der Waals surface area contributed by atoms with Crippen molar-refractivity contribution in [2.75, 3.05) is 19.8 Å². The van der Waals surface area contributed by atoms with Crippen LogP contribution in [0.1, 0.15) is 30.7 Å². The van der Waals surface area contributed by atoms with Gasteiger partial charge in [-0.2, -0.15) is 0 Å². The smallest absolute Gasteiger partial charge is 0.126 e. The summed E-state index contributed by atoms with van der Waals surface area (Å²) in [5.74, 6) is 1.34. The highest BCUT2D eigenvalue weighted by molar-refractivity contribution is 5.30. The van der Waals surface area contributed by atoms with Crippen LogP contribution in [0.25, 0.3) is 0 Å². The number of hydrogen-bond acceptors (Lipinski definition) is 4. The van der Waals surface area contributed by atoms with Crippen molar-refractivity contribution in [1.29, 1.82) is 0 Å². The second-order valence-electron chi connectivity index (χ2n) is 6.68. The fraction of sp³-hybridized carbons (Fsp3) is 0.400. The zero-order valence-electron chi connectivity index (χ0n) is 14.2. The van der Waals surface area contributed by atoms with Crippen molar-refractivity contribution in [3.8, 4) is 11.5 Å². The maximum Gasteiger partial charge on any atom is 0.126 e. The molecule has 0 aromatic heterocycles. The average Bonchev–Trinajstić information content (AvgIpc) is 3.02. The normalized spacial score (nSPS) is 22.8. The van der Waals surface area contributed by atoms with Crippen LogP contribution in [0.4, 0.5) is 4.39 Å². The van der Waals surface area contributed by atoms with E-state index in [1.807, 2.05) is 12.1 Å². The SMILES string of the molecule is N[C@]1(CO)CC[C@@H](c2ccc(OCCOc3cccc(F)c3)cc2)C1. The standard InChI is InChI=1S/C20H24FNO3/c21-17-2-1-3-19(12-17)25-11-10-24-18-6-4-15(5-7-18)16-8-9-20(22,13-16)14-23/h1-7,12,16,23H,8-11,13-14,22H2/t16-,20-/m1/s1. The number of nitrogens with two attached hydrogens (primary N) is 1. The summed E-state index contributed by atoms with van der Waals surface area (Å²) in [5, 5.41) is 9.37. The van der Waals surface area contributed by atoms with E-state index in [4.69, 9.17) is 15.2 Å². The van der Waals surface area contributed by atoms with Gasteiger partial charge in [0.05, 0.1) is 6.61 Å². The fourth-order valence-electron chi connectivity index (χ4n) is 3.30. The maximum absolute atomic E-state index is 13.0. The van der Waals surface area contributed by atoms with Crippen LogP contribution in [0, 0.1) is 5.82 Å². The highest BCUT2D eigenvalue weighted by Crippen LogP contribution is 2.39. The molecule has 0 aliphatic heterocycles. The number of aliphatic hydroxyl groups is 1. The summed E-state index contributed by atoms with van der Waals surface area (Å²) >= 11 is 0. The lowest BCUT2D eigenvalue weighted by molar-refractivity contribution is 0.198. The molecule has 3 N–H and O–H groups in total. The molecular formula is C20H24FNO3. The van der Waals surface area contributed by atoms with Crippen LogP contribution in [-0.2, 0) is 0 Å². The van der Waals surface area contributed by atoms with Crippen LogP contribution < -0.4 is 15.2 Å². The summed E-state index contributed by atoms with van der Waals surface area (Å²) < 4.78 is 24.1. The molecule has 5 heteroatoms. The summed E-state index contributed by atoms with van der Waals surface area (Å²) in [4.78, 5) is 0. The number of benzene rings is 2. The number of halogens is 1. The van der Waals surface area contributed by atoms with E-state index in [9.17, 15) is 9.50 Å². The lowest BCUT2D eigenvalue weighted by Gasteiger charge is -2.21. The van der Waals surface area contributed by atoms with Gasteiger partial charge in [-0.05, 0) is 55.0 Å². The molecule has 0 unspecified atom stereocenters. The molecule has 25 heavy (non-hydrogen) atoms. The molecule has 0 amide bonds. The average molecular weight is 345 g/mol. The number of ether oxygens (including phenoxy) is 2. The molecule has 0 spiro atoms. The number of rotatable bonds is 7. The van der Waals surface area contributed by atoms with Gasteiger partial charge in [0, 0.05) is 11.6 Å². The number of hydrogen-bond donors (Lipinski definition) is 2. The first-order chi connectivity index (χ1) is 12.1. The van der Waals surface area contributed by atoms with E-state index in [0.29, 0.717) is 24.9 Å². The topological polar surface area (TPSA) is 64.7 Å². The van der Waals surface area contributed by atoms with Gasteiger partial charge in [-0.1, -0.05) is 18.2 Å². The van der Waals surface area contributed by atoms with E-state index < -0.39 is 5.54 Å². The van der Waals surface area contributed by atoms with Crippen LogP contribution in [0.2, 0.25) is 0 Å². The highest BCUT2D eigenvalue weighted by atomic mass is 19.1. The molecule has 3 rings (SSSR count). The molecule has 0 heterocycles. The molecule has 1 aliphatic rings. The zero-order valence-corrected chi connectivity index (χ0v) is 14.2. The van der Waals surface area contributed by atoms with Gasteiger partial charge in [0.1, 0.15) is 30.5 Å². The Morgan fingerprint density at radius 1 is 1.08 bits per heavy atom. The molecule has 1 fully saturated rings. The number of aliphatic hydroxyl groups excluding tert-OH is 1. The fourth-order valence-corrected chi connectivity index (χ4v) is 3.30. The molecule has 2 atom stereocenters. The van der Waals surface area contributed by atoms with Gasteiger partial charge >= 0.3 is 0 Å². The van der Waals surface area contributed by atoms with E-state index in [2.05, 4.69) is 12.1 Å². The summed E-state index contributed by atoms with van der Waals surface area (Å²) in [5.41, 5.74) is 6.93. The molecule has 2 aromatic rings. The molecule has 134 valence electrons. The Labute approximate surface area is 147 Å². The maximum atomic E-state index is 13.0. The van der Waals surface area contributed by atoms with E-state index >= 15 is 0 Å². The van der Waals surface area contributed by atoms with Crippen molar-refractivity contribution >= 4 is 0 Å². The van der Waals surface area contributed by atoms with Crippen LogP contribution in [0.5, 0.6) is 11.5 Å². The Balaban J connectivity index is 1.45. The first kappa shape index (κ1) is 17.7. The monoisotopic (exact) mass is 345 g/mol. The van der Waals surface area contributed by atoms with Gasteiger partial charge in [0.25, 0.3) is 0 Å². The second-order valence-corrected chi connectivity index (χ2v) is 6.68. The van der Waals surface area contributed by atoms with Gasteiger partial charge in [0.2, 0.25) is 0 Å². The van der Waals surface area contributed by atoms with E-state index in [0.717, 1.165) is 25.0 Å². The minimum atomic E-state index is -0.436. The molecule has 1 saturated carbocycles. The van der Waals surface area contributed by atoms with E-state index in [1.165, 1.54) is 17.7 Å². The predicted molar refractivity (Wildman–Crippen MR) is 94.4 cm³/mol. The zero-order chi connectivity index (χ0) is 17.7. The molecular weight excluding hydrogens is 321 g/mol. The van der Waals surface area contributed by atoms with Crippen molar-refractivity contribution in [3.05, 3.63) is 59.9 Å². The third-order valence-electron chi connectivity index (χ3n) is 4.73. The first-order valence-corrected chi connectivity index (χ1v) is 8.59. The molecule has 2 aromatic carbocycles. The molecule has 4 nitrogen and oxygen atoms in total. The quantitative estimate of drug-likeness (QED) is 0.756. The van der Waals surface area contributed by atoms with Gasteiger partial charge in [-0.25, -0.2) is 4.39 Å². The third kappa shape index (κ3) is 4.71. The molecule has 0 saturated heterocycles. The van der Waals surface area contributed by atoms with Gasteiger partial charge < -0.3 is 20.3 Å². The van der Waals surface area contributed by atoms with Gasteiger partial charge in [-0.15, -0.1) is 0 Å². The Morgan fingerprint density at radius 2 is 1.80 bits per heavy atom. The van der Waals surface area contributed by atoms with E-state index in [-0.39, 0.29) is 12.4 Å². The Bertz CT molecular complexity index is 692. The summed E-state index contributed by atoms with van der Waals surface area (Å²) in [7, 11) is 0. The summed E-state index contributed by atoms with van der Waals surface area (Å²) in [6.45, 7) is 0.770. The molecule has 0 radical (unpaired) electrons. The Morgan fingerprint density at radius 3 is 2.44 bits per heavy atom. The molecule has 0 bridgehead atoms. The summed E-state index contributed by atoms with van der Waals surface area (Å²) in [6, 6.07) is 14.0. The van der Waals surface area contributed by atoms with Crippen molar-refractivity contribution in [3.63, 3.8) is 0 Å². The third-order valence-corrected chi connectivity index (χ3v) is 4.73. The minimum Gasteiger partial charge on any atom is -0.490 e. The Hall–Kier alpha value is -2.11. The lowest BCUT2D eigenvalue weighted by atomic mass is 9.94. The Kier molecular flexibility index (Phi) is 5.56. The van der Waals surface area contributed by atoms with Crippen molar-refractivity contribution < 1.29 is 19.0 Å². The summed E-state index contributed by atoms with van der Waals surface area (Å²) in [6.07, 6.45) is 2.66. The predicted octanol–water partition coefficient (Wildman–Crippen LogP) is 3.24. The highest BCUT2D eigenvalue weighted by Gasteiger charge is 2.35. The second kappa shape index (κ2) is 7.85. The van der Waals surface area contributed by atoms with E-state index in [1.54, 1.807) is 12.1 Å². The van der Waals surface area contributed by atoms with Gasteiger partial charge in [0.15, 0.2) is 0 Å².